The van der Waals surface area contributed by atoms with Crippen LogP contribution in [0.3, 0.4) is 0 Å². The Bertz CT molecular complexity index is 811. The first kappa shape index (κ1) is 21.4. The zero-order valence-corrected chi connectivity index (χ0v) is 20.9. The van der Waals surface area contributed by atoms with E-state index in [1.54, 1.807) is 5.57 Å². The van der Waals surface area contributed by atoms with E-state index in [1.165, 1.54) is 34.5 Å². The van der Waals surface area contributed by atoms with Gasteiger partial charge in [-0.05, 0) is 47.5 Å². The summed E-state index contributed by atoms with van der Waals surface area (Å²) in [4.78, 5) is 0. The molecule has 3 atom stereocenters. The van der Waals surface area contributed by atoms with E-state index in [4.69, 9.17) is 4.74 Å². The Balaban J connectivity index is 2.17. The van der Waals surface area contributed by atoms with Crippen LogP contribution in [0.25, 0.3) is 0 Å². The molecule has 0 N–H and O–H groups in total. The van der Waals surface area contributed by atoms with Gasteiger partial charge in [-0.1, -0.05) is 93.8 Å². The fraction of sp³-hybridized carbons (Fsp3) is 0.520. The monoisotopic (exact) mass is 410 g/mol. The highest BCUT2D eigenvalue weighted by molar-refractivity contribution is 6.94. The molecule has 1 aromatic rings. The molecular formula is C25H38OSi2. The largest absolute Gasteiger partial charge is 0.490 e. The van der Waals surface area contributed by atoms with Gasteiger partial charge in [0, 0.05) is 0 Å². The highest BCUT2D eigenvalue weighted by Crippen LogP contribution is 2.52. The molecule has 0 aromatic heterocycles. The minimum absolute atomic E-state index is 0.590. The Kier molecular flexibility index (Phi) is 5.98. The van der Waals surface area contributed by atoms with Crippen LogP contribution < -0.4 is 15.1 Å². The lowest BCUT2D eigenvalue weighted by molar-refractivity contribution is 0.368. The van der Waals surface area contributed by atoms with Gasteiger partial charge in [-0.25, -0.2) is 0 Å². The van der Waals surface area contributed by atoms with Crippen LogP contribution in [0.4, 0.5) is 0 Å². The number of fused-ring (bicyclic) bond motifs is 1. The first-order valence-electron chi connectivity index (χ1n) is 10.8. The van der Waals surface area contributed by atoms with Crippen molar-refractivity contribution in [2.24, 2.45) is 11.8 Å². The number of allylic oxidation sites excluding steroid dienone is 4. The minimum Gasteiger partial charge on any atom is -0.490 e. The van der Waals surface area contributed by atoms with Crippen molar-refractivity contribution in [1.29, 1.82) is 0 Å². The average Bonchev–Trinajstić information content (AvgIpc) is 2.95. The molecule has 0 amide bonds. The second kappa shape index (κ2) is 7.83. The minimum atomic E-state index is -1.79. The van der Waals surface area contributed by atoms with Crippen molar-refractivity contribution in [3.63, 3.8) is 0 Å². The van der Waals surface area contributed by atoms with E-state index in [-0.39, 0.29) is 0 Å². The SMILES string of the molecule is C=CCOc1c([Si](C)(C)C)cc(C)cc1[Si](C)(C)C1C2=CC=CCC2CC1C. The molecule has 0 bridgehead atoms. The van der Waals surface area contributed by atoms with Gasteiger partial charge in [0.25, 0.3) is 0 Å². The van der Waals surface area contributed by atoms with E-state index < -0.39 is 16.1 Å². The normalized spacial score (nSPS) is 24.7. The molecule has 3 rings (SSSR count). The molecule has 3 unspecified atom stereocenters. The Morgan fingerprint density at radius 2 is 1.82 bits per heavy atom. The molecule has 1 saturated carbocycles. The van der Waals surface area contributed by atoms with Crippen LogP contribution in [0.1, 0.15) is 25.3 Å². The van der Waals surface area contributed by atoms with Crippen molar-refractivity contribution >= 4 is 26.5 Å². The van der Waals surface area contributed by atoms with Crippen molar-refractivity contribution in [3.8, 4) is 5.75 Å². The van der Waals surface area contributed by atoms with Crippen molar-refractivity contribution in [2.75, 3.05) is 6.61 Å². The number of hydrogen-bond acceptors (Lipinski definition) is 1. The molecule has 2 aliphatic rings. The van der Waals surface area contributed by atoms with Crippen LogP contribution in [0.15, 0.2) is 48.6 Å². The second-order valence-electron chi connectivity index (χ2n) is 10.5. The van der Waals surface area contributed by atoms with Crippen LogP contribution in [-0.2, 0) is 0 Å². The van der Waals surface area contributed by atoms with E-state index >= 15 is 0 Å². The summed E-state index contributed by atoms with van der Waals surface area (Å²) < 4.78 is 6.43. The van der Waals surface area contributed by atoms with E-state index in [0.29, 0.717) is 12.1 Å². The van der Waals surface area contributed by atoms with E-state index in [0.717, 1.165) is 11.8 Å². The lowest BCUT2D eigenvalue weighted by Gasteiger charge is -2.38. The van der Waals surface area contributed by atoms with Gasteiger partial charge < -0.3 is 4.74 Å². The molecule has 3 heteroatoms. The zero-order chi connectivity index (χ0) is 20.7. The third kappa shape index (κ3) is 3.88. The fourth-order valence-electron chi connectivity index (χ4n) is 5.60. The van der Waals surface area contributed by atoms with Gasteiger partial charge in [0.2, 0.25) is 0 Å². The fourth-order valence-corrected chi connectivity index (χ4v) is 11.7. The van der Waals surface area contributed by atoms with Gasteiger partial charge in [0.05, 0.1) is 16.1 Å². The molecule has 152 valence electrons. The highest BCUT2D eigenvalue weighted by Gasteiger charge is 2.48. The summed E-state index contributed by atoms with van der Waals surface area (Å²) in [7, 11) is -3.32. The van der Waals surface area contributed by atoms with Crippen LogP contribution in [0, 0.1) is 18.8 Å². The van der Waals surface area contributed by atoms with E-state index in [9.17, 15) is 0 Å². The van der Waals surface area contributed by atoms with Crippen molar-refractivity contribution in [3.05, 3.63) is 54.2 Å². The predicted molar refractivity (Wildman–Crippen MR) is 130 cm³/mol. The highest BCUT2D eigenvalue weighted by atomic mass is 28.3. The number of rotatable bonds is 6. The lowest BCUT2D eigenvalue weighted by Crippen LogP contribution is -2.52. The van der Waals surface area contributed by atoms with Gasteiger partial charge in [0.15, 0.2) is 0 Å². The summed E-state index contributed by atoms with van der Waals surface area (Å²) in [6, 6.07) is 4.84. The van der Waals surface area contributed by atoms with Crippen LogP contribution in [0.2, 0.25) is 38.3 Å². The maximum Gasteiger partial charge on any atom is 0.118 e. The van der Waals surface area contributed by atoms with Crippen LogP contribution in [0.5, 0.6) is 5.75 Å². The van der Waals surface area contributed by atoms with Gasteiger partial charge in [0.1, 0.15) is 12.4 Å². The van der Waals surface area contributed by atoms with Crippen molar-refractivity contribution in [1.82, 2.24) is 0 Å². The van der Waals surface area contributed by atoms with Gasteiger partial charge in [-0.2, -0.15) is 0 Å². The Morgan fingerprint density at radius 3 is 2.46 bits per heavy atom. The summed E-state index contributed by atoms with van der Waals surface area (Å²) >= 11 is 0. The molecule has 0 saturated heterocycles. The third-order valence-corrected chi connectivity index (χ3v) is 13.0. The molecule has 1 nitrogen and oxygen atoms in total. The molecule has 1 aromatic carbocycles. The Labute approximate surface area is 174 Å². The van der Waals surface area contributed by atoms with Crippen LogP contribution in [-0.4, -0.2) is 22.8 Å². The average molecular weight is 411 g/mol. The Morgan fingerprint density at radius 1 is 1.14 bits per heavy atom. The summed E-state index contributed by atoms with van der Waals surface area (Å²) in [5, 5.41) is 3.00. The molecule has 0 aliphatic heterocycles. The van der Waals surface area contributed by atoms with Gasteiger partial charge in [-0.15, -0.1) is 0 Å². The standard InChI is InChI=1S/C25H38OSi2/c1-9-14-26-24-22(27(4,5)6)15-18(2)16-23(24)28(7,8)25-19(3)17-20-12-10-11-13-21(20)25/h9-11,13,15-16,19-20,25H,1,12,14,17H2,2-8H3. The van der Waals surface area contributed by atoms with Gasteiger partial charge >= 0.3 is 0 Å². The van der Waals surface area contributed by atoms with E-state index in [2.05, 4.69) is 83.5 Å². The summed E-state index contributed by atoms with van der Waals surface area (Å²) in [5.41, 5.74) is 3.81. The molecule has 0 radical (unpaired) electrons. The molecule has 28 heavy (non-hydrogen) atoms. The van der Waals surface area contributed by atoms with E-state index in [1.807, 2.05) is 6.08 Å². The summed E-state index contributed by atoms with van der Waals surface area (Å²) in [6.07, 6.45) is 11.5. The predicted octanol–water partition coefficient (Wildman–Crippen LogP) is 5.93. The van der Waals surface area contributed by atoms with Crippen molar-refractivity contribution < 1.29 is 4.74 Å². The summed E-state index contributed by atoms with van der Waals surface area (Å²) in [6.45, 7) is 21.7. The molecule has 0 heterocycles. The zero-order valence-electron chi connectivity index (χ0n) is 18.9. The molecular weight excluding hydrogens is 372 g/mol. The maximum absolute atomic E-state index is 6.43. The Hall–Kier alpha value is -1.33. The topological polar surface area (TPSA) is 9.23 Å². The number of aryl methyl sites for hydroxylation is 1. The first-order chi connectivity index (χ1) is 13.1. The smallest absolute Gasteiger partial charge is 0.118 e. The number of ether oxygens (including phenoxy) is 1. The maximum atomic E-state index is 6.43. The van der Waals surface area contributed by atoms with Crippen LogP contribution >= 0.6 is 0 Å². The third-order valence-electron chi connectivity index (χ3n) is 6.76. The van der Waals surface area contributed by atoms with Crippen molar-refractivity contribution in [2.45, 2.75) is 65.0 Å². The molecule has 2 aliphatic carbocycles. The quantitative estimate of drug-likeness (QED) is 0.417. The number of benzene rings is 1. The van der Waals surface area contributed by atoms with Gasteiger partial charge in [-0.3, -0.25) is 0 Å². The summed E-state index contributed by atoms with van der Waals surface area (Å²) in [5.74, 6) is 2.71. The molecule has 0 spiro atoms. The first-order valence-corrected chi connectivity index (χ1v) is 17.4. The second-order valence-corrected chi connectivity index (χ2v) is 20.1. The number of hydrogen-bond donors (Lipinski definition) is 0. The molecule has 1 fully saturated rings. The lowest BCUT2D eigenvalue weighted by atomic mass is 9.94.